The van der Waals surface area contributed by atoms with Crippen molar-refractivity contribution in [1.82, 2.24) is 10.3 Å². The van der Waals surface area contributed by atoms with Crippen LogP contribution in [-0.2, 0) is 4.74 Å². The minimum atomic E-state index is -0.147. The number of nitrogens with one attached hydrogen (secondary N) is 1. The van der Waals surface area contributed by atoms with Crippen LogP contribution in [0.3, 0.4) is 0 Å². The quantitative estimate of drug-likeness (QED) is 0.850. The first-order valence-corrected chi connectivity index (χ1v) is 8.89. The fourth-order valence-electron chi connectivity index (χ4n) is 1.82. The minimum Gasteiger partial charge on any atom is -0.382 e. The van der Waals surface area contributed by atoms with Gasteiger partial charge in [0.1, 0.15) is 10.7 Å². The van der Waals surface area contributed by atoms with Crippen molar-refractivity contribution in [2.75, 3.05) is 49.7 Å². The molecule has 1 aliphatic heterocycles. The second-order valence-electron chi connectivity index (χ2n) is 5.46. The van der Waals surface area contributed by atoms with Crippen LogP contribution in [0.4, 0.5) is 10.9 Å². The predicted octanol–water partition coefficient (Wildman–Crippen LogP) is 1.43. The number of morpholine rings is 1. The van der Waals surface area contributed by atoms with Gasteiger partial charge in [0.15, 0.2) is 5.13 Å². The third-order valence-corrected chi connectivity index (χ3v) is 5.74. The highest BCUT2D eigenvalue weighted by molar-refractivity contribution is 7.99. The number of nitrogens with two attached hydrogens (primary N) is 1. The second kappa shape index (κ2) is 6.85. The number of ether oxygens (including phenoxy) is 1. The molecule has 1 aromatic rings. The van der Waals surface area contributed by atoms with Crippen LogP contribution in [0.15, 0.2) is 0 Å². The Balaban J connectivity index is 2.02. The molecule has 2 rings (SSSR count). The first kappa shape index (κ1) is 16.4. The number of carbonyl (C=O) groups is 1. The summed E-state index contributed by atoms with van der Waals surface area (Å²) in [5.41, 5.74) is 5.90. The van der Waals surface area contributed by atoms with Crippen LogP contribution in [0, 0.1) is 0 Å². The van der Waals surface area contributed by atoms with E-state index >= 15 is 0 Å². The second-order valence-corrected chi connectivity index (χ2v) is 7.95. The van der Waals surface area contributed by atoms with Gasteiger partial charge in [0, 0.05) is 24.4 Å². The Morgan fingerprint density at radius 3 is 2.81 bits per heavy atom. The van der Waals surface area contributed by atoms with E-state index in [9.17, 15) is 4.79 Å². The molecule has 1 fully saturated rings. The average molecular weight is 330 g/mol. The number of rotatable bonds is 5. The lowest BCUT2D eigenvalue weighted by molar-refractivity contribution is 0.0955. The zero-order chi connectivity index (χ0) is 15.5. The molecule has 0 radical (unpaired) electrons. The van der Waals surface area contributed by atoms with E-state index in [1.807, 2.05) is 6.26 Å². The molecule has 1 saturated heterocycles. The van der Waals surface area contributed by atoms with Gasteiger partial charge in [-0.25, -0.2) is 4.98 Å². The molecule has 118 valence electrons. The smallest absolute Gasteiger partial charge is 0.265 e. The Morgan fingerprint density at radius 2 is 2.19 bits per heavy atom. The summed E-state index contributed by atoms with van der Waals surface area (Å²) in [5, 5.41) is 3.73. The summed E-state index contributed by atoms with van der Waals surface area (Å²) in [6.45, 7) is 7.71. The molecule has 1 aromatic heterocycles. The van der Waals surface area contributed by atoms with Crippen LogP contribution >= 0.6 is 23.1 Å². The van der Waals surface area contributed by atoms with E-state index in [1.165, 1.54) is 11.3 Å². The Labute approximate surface area is 133 Å². The van der Waals surface area contributed by atoms with Gasteiger partial charge < -0.3 is 20.7 Å². The van der Waals surface area contributed by atoms with Gasteiger partial charge in [-0.1, -0.05) is 11.3 Å². The number of hydrogen-bond donors (Lipinski definition) is 2. The molecule has 21 heavy (non-hydrogen) atoms. The first-order chi connectivity index (χ1) is 9.93. The van der Waals surface area contributed by atoms with Crippen LogP contribution in [0.25, 0.3) is 0 Å². The fourth-order valence-corrected chi connectivity index (χ4v) is 2.99. The van der Waals surface area contributed by atoms with Crippen molar-refractivity contribution in [3.8, 4) is 0 Å². The molecule has 0 saturated carbocycles. The van der Waals surface area contributed by atoms with E-state index in [-0.39, 0.29) is 10.7 Å². The lowest BCUT2D eigenvalue weighted by Gasteiger charge is -2.25. The molecule has 0 spiro atoms. The third-order valence-electron chi connectivity index (χ3n) is 3.36. The summed E-state index contributed by atoms with van der Waals surface area (Å²) in [4.78, 5) is 19.2. The minimum absolute atomic E-state index is 0.00213. The predicted molar refractivity (Wildman–Crippen MR) is 89.5 cm³/mol. The molecule has 0 unspecified atom stereocenters. The van der Waals surface area contributed by atoms with Gasteiger partial charge in [0.25, 0.3) is 5.91 Å². The zero-order valence-corrected chi connectivity index (χ0v) is 14.3. The van der Waals surface area contributed by atoms with Gasteiger partial charge in [-0.2, -0.15) is 11.8 Å². The number of hydrogen-bond acceptors (Lipinski definition) is 7. The molecule has 0 bridgehead atoms. The van der Waals surface area contributed by atoms with E-state index < -0.39 is 0 Å². The third kappa shape index (κ3) is 4.24. The molecular formula is C13H22N4O2S2. The molecule has 6 nitrogen and oxygen atoms in total. The van der Waals surface area contributed by atoms with Gasteiger partial charge in [-0.15, -0.1) is 0 Å². The van der Waals surface area contributed by atoms with E-state index in [4.69, 9.17) is 10.5 Å². The van der Waals surface area contributed by atoms with Crippen LogP contribution in [0.2, 0.25) is 0 Å². The molecule has 0 aliphatic carbocycles. The Morgan fingerprint density at radius 1 is 1.52 bits per heavy atom. The summed E-state index contributed by atoms with van der Waals surface area (Å²) >= 11 is 3.06. The van der Waals surface area contributed by atoms with Crippen LogP contribution in [0.5, 0.6) is 0 Å². The molecule has 0 atom stereocenters. The average Bonchev–Trinajstić information content (AvgIpc) is 2.88. The largest absolute Gasteiger partial charge is 0.382 e. The number of carbonyl (C=O) groups excluding carboxylic acids is 1. The topological polar surface area (TPSA) is 80.5 Å². The molecule has 3 N–H and O–H groups in total. The molecule has 8 heteroatoms. The zero-order valence-electron chi connectivity index (χ0n) is 12.6. The van der Waals surface area contributed by atoms with Gasteiger partial charge in [-0.05, 0) is 20.1 Å². The van der Waals surface area contributed by atoms with Crippen molar-refractivity contribution < 1.29 is 9.53 Å². The number of thioether (sulfide) groups is 1. The summed E-state index contributed by atoms with van der Waals surface area (Å²) < 4.78 is 5.32. The highest BCUT2D eigenvalue weighted by atomic mass is 32.2. The first-order valence-electron chi connectivity index (χ1n) is 6.85. The van der Waals surface area contributed by atoms with Gasteiger partial charge in [0.2, 0.25) is 0 Å². The van der Waals surface area contributed by atoms with Crippen molar-refractivity contribution in [2.45, 2.75) is 18.6 Å². The summed E-state index contributed by atoms with van der Waals surface area (Å²) in [7, 11) is 0. The number of aromatic nitrogens is 1. The number of nitrogen functional groups attached to an aromatic ring is 1. The highest BCUT2D eigenvalue weighted by Gasteiger charge is 2.23. The van der Waals surface area contributed by atoms with E-state index in [2.05, 4.69) is 29.0 Å². The summed E-state index contributed by atoms with van der Waals surface area (Å²) in [5.74, 6) is 0.160. The molecule has 1 amide bonds. The number of thiazole rings is 1. The van der Waals surface area contributed by atoms with Crippen molar-refractivity contribution >= 4 is 40.0 Å². The van der Waals surface area contributed by atoms with Crippen molar-refractivity contribution in [1.29, 1.82) is 0 Å². The van der Waals surface area contributed by atoms with E-state index in [0.717, 1.165) is 18.2 Å². The maximum Gasteiger partial charge on any atom is 0.265 e. The van der Waals surface area contributed by atoms with Crippen LogP contribution in [0.1, 0.15) is 23.5 Å². The summed E-state index contributed by atoms with van der Waals surface area (Å²) in [6, 6.07) is 0. The maximum absolute atomic E-state index is 12.3. The normalized spacial score (nSPS) is 16.0. The highest BCUT2D eigenvalue weighted by Crippen LogP contribution is 2.29. The van der Waals surface area contributed by atoms with Crippen molar-refractivity contribution in [2.24, 2.45) is 0 Å². The van der Waals surface area contributed by atoms with Gasteiger partial charge in [-0.3, -0.25) is 4.79 Å². The number of anilines is 2. The van der Waals surface area contributed by atoms with Crippen LogP contribution < -0.4 is 16.0 Å². The SMILES string of the molecule is CSC(C)(C)CNC(=O)c1sc(N2CCOCC2)nc1N. The van der Waals surface area contributed by atoms with Gasteiger partial charge >= 0.3 is 0 Å². The molecule has 1 aliphatic rings. The van der Waals surface area contributed by atoms with E-state index in [1.54, 1.807) is 11.8 Å². The molecule has 2 heterocycles. The number of nitrogens with zero attached hydrogens (tertiary/aromatic N) is 2. The van der Waals surface area contributed by atoms with Gasteiger partial charge in [0.05, 0.1) is 13.2 Å². The Bertz CT molecular complexity index is 498. The molecular weight excluding hydrogens is 308 g/mol. The number of amides is 1. The maximum atomic E-state index is 12.3. The monoisotopic (exact) mass is 330 g/mol. The molecule has 0 aromatic carbocycles. The van der Waals surface area contributed by atoms with Crippen LogP contribution in [-0.4, -0.2) is 54.7 Å². The lowest BCUT2D eigenvalue weighted by atomic mass is 10.2. The summed E-state index contributed by atoms with van der Waals surface area (Å²) in [6.07, 6.45) is 2.03. The fraction of sp³-hybridized carbons (Fsp3) is 0.692. The Hall–Kier alpha value is -0.990. The van der Waals surface area contributed by atoms with Crippen molar-refractivity contribution in [3.05, 3.63) is 4.88 Å². The van der Waals surface area contributed by atoms with E-state index in [0.29, 0.717) is 30.5 Å². The Kier molecular flexibility index (Phi) is 5.34. The lowest BCUT2D eigenvalue weighted by Crippen LogP contribution is -2.36. The van der Waals surface area contributed by atoms with Crippen molar-refractivity contribution in [3.63, 3.8) is 0 Å². The standard InChI is InChI=1S/C13H22N4O2S2/c1-13(2,20-3)8-15-11(18)9-10(14)16-12(21-9)17-4-6-19-7-5-17/h4-8,14H2,1-3H3,(H,15,18).